The predicted octanol–water partition coefficient (Wildman–Crippen LogP) is 4.80. The topological polar surface area (TPSA) is 47.6 Å². The molecule has 0 fully saturated rings. The van der Waals surface area contributed by atoms with E-state index in [4.69, 9.17) is 0 Å². The number of carbonyl (C=O) groups is 1. The van der Waals surface area contributed by atoms with Gasteiger partial charge in [-0.05, 0) is 18.6 Å². The van der Waals surface area contributed by atoms with Crippen molar-refractivity contribution < 1.29 is 40.6 Å². The van der Waals surface area contributed by atoms with Crippen LogP contribution in [0.4, 0.5) is 31.1 Å². The van der Waals surface area contributed by atoms with Gasteiger partial charge in [0.15, 0.2) is 0 Å². The van der Waals surface area contributed by atoms with Gasteiger partial charge in [0.1, 0.15) is 5.75 Å². The zero-order valence-electron chi connectivity index (χ0n) is 13.2. The van der Waals surface area contributed by atoms with Gasteiger partial charge in [-0.3, -0.25) is 5.32 Å². The lowest BCUT2D eigenvalue weighted by atomic mass is 10.2. The van der Waals surface area contributed by atoms with E-state index in [1.54, 1.807) is 0 Å². The van der Waals surface area contributed by atoms with Crippen LogP contribution in [0, 0.1) is 0 Å². The highest BCUT2D eigenvalue weighted by molar-refractivity contribution is 5.68. The lowest BCUT2D eigenvalue weighted by Gasteiger charge is -2.37. The van der Waals surface area contributed by atoms with E-state index in [1.807, 2.05) is 6.92 Å². The highest BCUT2D eigenvalue weighted by Crippen LogP contribution is 2.44. The maximum atomic E-state index is 13.2. The summed E-state index contributed by atoms with van der Waals surface area (Å²) in [4.78, 5) is 11.5. The van der Waals surface area contributed by atoms with E-state index in [-0.39, 0.29) is 6.61 Å². The monoisotopic (exact) mass is 373 g/mol. The lowest BCUT2D eigenvalue weighted by Crippen LogP contribution is -2.71. The molecule has 1 aromatic rings. The van der Waals surface area contributed by atoms with Gasteiger partial charge in [0.05, 0.1) is 6.61 Å². The van der Waals surface area contributed by atoms with Gasteiger partial charge in [-0.1, -0.05) is 38.0 Å². The Balaban J connectivity index is 3.07. The average molecular weight is 373 g/mol. The average Bonchev–Trinajstić information content (AvgIpc) is 2.50. The Labute approximate surface area is 140 Å². The molecule has 1 aromatic carbocycles. The molecule has 0 saturated heterocycles. The third-order valence-electron chi connectivity index (χ3n) is 3.07. The van der Waals surface area contributed by atoms with Crippen molar-refractivity contribution in [1.82, 2.24) is 5.32 Å². The number of ether oxygens (including phenoxy) is 2. The van der Waals surface area contributed by atoms with Crippen molar-refractivity contribution in [2.45, 2.75) is 44.3 Å². The predicted molar refractivity (Wildman–Crippen MR) is 75.9 cm³/mol. The number of halogens is 6. The fraction of sp³-hybridized carbons (Fsp3) is 0.533. The fourth-order valence-electron chi connectivity index (χ4n) is 1.81. The summed E-state index contributed by atoms with van der Waals surface area (Å²) in [7, 11) is 0. The van der Waals surface area contributed by atoms with Crippen molar-refractivity contribution in [2.75, 3.05) is 6.61 Å². The molecule has 0 aliphatic heterocycles. The standard InChI is InChI=1S/C15H17F6NO3/c1-2-3-7-10-24-12(23)22-13(14(16,17)18,15(19,20)21)25-11-8-5-4-6-9-11/h4-6,8-9H,2-3,7,10H2,1H3,(H,22,23). The third-order valence-corrected chi connectivity index (χ3v) is 3.07. The highest BCUT2D eigenvalue weighted by atomic mass is 19.4. The number of unbranched alkanes of at least 4 members (excludes halogenated alkanes) is 2. The maximum Gasteiger partial charge on any atom is 0.458 e. The van der Waals surface area contributed by atoms with Crippen molar-refractivity contribution >= 4 is 6.09 Å². The molecule has 1 N–H and O–H groups in total. The SMILES string of the molecule is CCCCCOC(=O)NC(Oc1ccccc1)(C(F)(F)F)C(F)(F)F. The first-order chi connectivity index (χ1) is 11.5. The van der Waals surface area contributed by atoms with E-state index >= 15 is 0 Å². The van der Waals surface area contributed by atoms with Crippen LogP contribution in [0.5, 0.6) is 5.75 Å². The number of alkyl halides is 6. The van der Waals surface area contributed by atoms with E-state index in [9.17, 15) is 31.1 Å². The van der Waals surface area contributed by atoms with Crippen molar-refractivity contribution in [3.8, 4) is 5.75 Å². The first kappa shape index (κ1) is 20.9. The number of carbonyl (C=O) groups excluding carboxylic acids is 1. The summed E-state index contributed by atoms with van der Waals surface area (Å²) in [6, 6.07) is 5.57. The number of para-hydroxylation sites is 1. The Bertz CT molecular complexity index is 530. The smallest absolute Gasteiger partial charge is 0.451 e. The molecule has 1 rings (SSSR count). The van der Waals surface area contributed by atoms with Crippen LogP contribution < -0.4 is 10.1 Å². The molecule has 0 aliphatic carbocycles. The third kappa shape index (κ3) is 5.43. The van der Waals surface area contributed by atoms with E-state index in [0.29, 0.717) is 12.8 Å². The van der Waals surface area contributed by atoms with Gasteiger partial charge in [0, 0.05) is 0 Å². The maximum absolute atomic E-state index is 13.2. The first-order valence-electron chi connectivity index (χ1n) is 7.36. The number of amides is 1. The minimum atomic E-state index is -5.98. The van der Waals surface area contributed by atoms with Crippen molar-refractivity contribution in [3.63, 3.8) is 0 Å². The summed E-state index contributed by atoms with van der Waals surface area (Å²) in [5.41, 5.74) is -4.93. The summed E-state index contributed by atoms with van der Waals surface area (Å²) < 4.78 is 88.0. The largest absolute Gasteiger partial charge is 0.458 e. The Kier molecular flexibility index (Phi) is 6.95. The minimum Gasteiger partial charge on any atom is -0.451 e. The molecular weight excluding hydrogens is 356 g/mol. The zero-order valence-corrected chi connectivity index (χ0v) is 13.2. The minimum absolute atomic E-state index is 0.309. The molecule has 0 saturated carbocycles. The molecule has 142 valence electrons. The van der Waals surface area contributed by atoms with Gasteiger partial charge in [-0.2, -0.15) is 26.3 Å². The Morgan fingerprint density at radius 3 is 2.04 bits per heavy atom. The summed E-state index contributed by atoms with van der Waals surface area (Å²) in [6.07, 6.45) is -12.2. The van der Waals surface area contributed by atoms with E-state index in [1.165, 1.54) is 18.2 Å². The summed E-state index contributed by atoms with van der Waals surface area (Å²) >= 11 is 0. The van der Waals surface area contributed by atoms with Crippen LogP contribution in [-0.4, -0.2) is 30.8 Å². The van der Waals surface area contributed by atoms with Gasteiger partial charge in [-0.25, -0.2) is 4.79 Å². The number of hydrogen-bond acceptors (Lipinski definition) is 3. The van der Waals surface area contributed by atoms with Crippen LogP contribution in [0.15, 0.2) is 30.3 Å². The molecule has 0 atom stereocenters. The molecule has 0 bridgehead atoms. The molecule has 0 aliphatic rings. The second-order valence-corrected chi connectivity index (χ2v) is 5.06. The van der Waals surface area contributed by atoms with Crippen molar-refractivity contribution in [2.24, 2.45) is 0 Å². The van der Waals surface area contributed by atoms with Gasteiger partial charge >= 0.3 is 24.2 Å². The number of rotatable bonds is 7. The van der Waals surface area contributed by atoms with E-state index < -0.39 is 29.9 Å². The molecule has 0 unspecified atom stereocenters. The summed E-state index contributed by atoms with van der Waals surface area (Å²) in [5.74, 6) is -0.719. The molecule has 0 spiro atoms. The zero-order chi connectivity index (χ0) is 19.1. The Morgan fingerprint density at radius 1 is 1.00 bits per heavy atom. The Morgan fingerprint density at radius 2 is 1.56 bits per heavy atom. The molecule has 25 heavy (non-hydrogen) atoms. The highest BCUT2D eigenvalue weighted by Gasteiger charge is 2.75. The summed E-state index contributed by atoms with van der Waals surface area (Å²) in [5, 5.41) is 0.802. The Hall–Kier alpha value is -2.13. The van der Waals surface area contributed by atoms with Crippen LogP contribution in [0.2, 0.25) is 0 Å². The lowest BCUT2D eigenvalue weighted by molar-refractivity contribution is -0.365. The van der Waals surface area contributed by atoms with E-state index in [2.05, 4.69) is 9.47 Å². The fourth-order valence-corrected chi connectivity index (χ4v) is 1.81. The number of hydrogen-bond donors (Lipinski definition) is 1. The number of nitrogens with one attached hydrogen (secondary N) is 1. The second kappa shape index (κ2) is 8.30. The summed E-state index contributed by atoms with van der Waals surface area (Å²) in [6.45, 7) is 1.52. The van der Waals surface area contributed by atoms with E-state index in [0.717, 1.165) is 23.9 Å². The molecule has 1 amide bonds. The van der Waals surface area contributed by atoms with Crippen LogP contribution in [0.1, 0.15) is 26.2 Å². The quantitative estimate of drug-likeness (QED) is 0.424. The molecule has 0 aromatic heterocycles. The molecule has 4 nitrogen and oxygen atoms in total. The van der Waals surface area contributed by atoms with Gasteiger partial charge in [0.25, 0.3) is 0 Å². The van der Waals surface area contributed by atoms with Crippen LogP contribution in [0.3, 0.4) is 0 Å². The number of alkyl carbamates (subject to hydrolysis) is 1. The van der Waals surface area contributed by atoms with Gasteiger partial charge in [0.2, 0.25) is 0 Å². The first-order valence-corrected chi connectivity index (χ1v) is 7.36. The number of benzene rings is 1. The van der Waals surface area contributed by atoms with Crippen LogP contribution in [-0.2, 0) is 4.74 Å². The molecule has 10 heteroatoms. The molecular formula is C15H17F6NO3. The van der Waals surface area contributed by atoms with Gasteiger partial charge in [-0.15, -0.1) is 0 Å². The van der Waals surface area contributed by atoms with Crippen molar-refractivity contribution in [3.05, 3.63) is 30.3 Å². The van der Waals surface area contributed by atoms with Crippen LogP contribution in [0.25, 0.3) is 0 Å². The van der Waals surface area contributed by atoms with Gasteiger partial charge < -0.3 is 9.47 Å². The molecule has 0 radical (unpaired) electrons. The second-order valence-electron chi connectivity index (χ2n) is 5.06. The normalized spacial score (nSPS) is 12.6. The van der Waals surface area contributed by atoms with Crippen LogP contribution >= 0.6 is 0 Å². The molecule has 0 heterocycles. The van der Waals surface area contributed by atoms with Crippen molar-refractivity contribution in [1.29, 1.82) is 0 Å².